The van der Waals surface area contributed by atoms with Gasteiger partial charge in [0, 0.05) is 30.4 Å². The van der Waals surface area contributed by atoms with Crippen LogP contribution in [0.2, 0.25) is 0 Å². The van der Waals surface area contributed by atoms with Crippen LogP contribution in [-0.2, 0) is 0 Å². The standard InChI is InChI=1S/C11H14N2O.2ClH/c14-11(9-3-6-12-7-4-9)10-2-1-5-13-8-10;;/h3-4,6-7,10,13H,1-2,5,8H2;2*1H. The van der Waals surface area contributed by atoms with Gasteiger partial charge in [0.05, 0.1) is 0 Å². The summed E-state index contributed by atoms with van der Waals surface area (Å²) in [6.45, 7) is 1.86. The highest BCUT2D eigenvalue weighted by atomic mass is 35.5. The Bertz CT molecular complexity index is 313. The molecule has 0 bridgehead atoms. The first-order valence-corrected chi connectivity index (χ1v) is 5.03. The molecule has 1 aliphatic heterocycles. The lowest BCUT2D eigenvalue weighted by Crippen LogP contribution is -2.34. The van der Waals surface area contributed by atoms with Gasteiger partial charge in [-0.05, 0) is 31.5 Å². The summed E-state index contributed by atoms with van der Waals surface area (Å²) in [5, 5.41) is 3.25. The lowest BCUT2D eigenvalue weighted by molar-refractivity contribution is 0.0899. The van der Waals surface area contributed by atoms with Crippen molar-refractivity contribution in [2.24, 2.45) is 5.92 Å². The van der Waals surface area contributed by atoms with E-state index >= 15 is 0 Å². The van der Waals surface area contributed by atoms with Gasteiger partial charge in [0.15, 0.2) is 5.78 Å². The van der Waals surface area contributed by atoms with Gasteiger partial charge in [-0.2, -0.15) is 0 Å². The van der Waals surface area contributed by atoms with Gasteiger partial charge in [0.25, 0.3) is 0 Å². The highest BCUT2D eigenvalue weighted by Gasteiger charge is 2.21. The minimum Gasteiger partial charge on any atom is -0.316 e. The van der Waals surface area contributed by atoms with Crippen molar-refractivity contribution in [3.05, 3.63) is 30.1 Å². The summed E-state index contributed by atoms with van der Waals surface area (Å²) in [5.74, 6) is 0.408. The fourth-order valence-electron chi connectivity index (χ4n) is 1.83. The number of hydrogen-bond acceptors (Lipinski definition) is 3. The SMILES string of the molecule is Cl.Cl.O=C(c1ccncc1)C1CCCNC1. The zero-order chi connectivity index (χ0) is 9.80. The van der Waals surface area contributed by atoms with Crippen LogP contribution in [0.25, 0.3) is 0 Å². The molecule has 0 saturated carbocycles. The molecule has 1 aromatic rings. The van der Waals surface area contributed by atoms with E-state index in [1.54, 1.807) is 24.5 Å². The number of carbonyl (C=O) groups is 1. The second-order valence-corrected chi connectivity index (χ2v) is 3.64. The first-order valence-electron chi connectivity index (χ1n) is 5.03. The Hall–Kier alpha value is -0.640. The molecule has 1 aliphatic rings. The Morgan fingerprint density at radius 2 is 2.00 bits per heavy atom. The molecule has 2 rings (SSSR count). The zero-order valence-corrected chi connectivity index (χ0v) is 10.5. The minimum absolute atomic E-state index is 0. The summed E-state index contributed by atoms with van der Waals surface area (Å²) < 4.78 is 0. The van der Waals surface area contributed by atoms with Crippen LogP contribution in [0.4, 0.5) is 0 Å². The number of rotatable bonds is 2. The maximum absolute atomic E-state index is 11.9. The first-order chi connectivity index (χ1) is 6.88. The van der Waals surface area contributed by atoms with Gasteiger partial charge in [0.2, 0.25) is 0 Å². The van der Waals surface area contributed by atoms with Crippen LogP contribution >= 0.6 is 24.8 Å². The summed E-state index contributed by atoms with van der Waals surface area (Å²) in [5.41, 5.74) is 0.786. The van der Waals surface area contributed by atoms with Crippen LogP contribution in [0.3, 0.4) is 0 Å². The molecule has 0 aromatic carbocycles. The van der Waals surface area contributed by atoms with Crippen molar-refractivity contribution in [1.29, 1.82) is 0 Å². The molecular weight excluding hydrogens is 247 g/mol. The molecule has 5 heteroatoms. The summed E-state index contributed by atoms with van der Waals surface area (Å²) in [7, 11) is 0. The van der Waals surface area contributed by atoms with E-state index in [4.69, 9.17) is 0 Å². The lowest BCUT2D eigenvalue weighted by atomic mass is 9.91. The molecule has 1 aromatic heterocycles. The smallest absolute Gasteiger partial charge is 0.167 e. The van der Waals surface area contributed by atoms with Crippen molar-refractivity contribution in [2.45, 2.75) is 12.8 Å². The van der Waals surface area contributed by atoms with Crippen molar-refractivity contribution in [3.8, 4) is 0 Å². The number of hydrogen-bond donors (Lipinski definition) is 1. The highest BCUT2D eigenvalue weighted by molar-refractivity contribution is 5.97. The van der Waals surface area contributed by atoms with E-state index in [0.29, 0.717) is 0 Å². The third kappa shape index (κ3) is 3.74. The number of carbonyl (C=O) groups excluding carboxylic acids is 1. The van der Waals surface area contributed by atoms with E-state index in [-0.39, 0.29) is 36.5 Å². The van der Waals surface area contributed by atoms with Crippen molar-refractivity contribution in [1.82, 2.24) is 10.3 Å². The van der Waals surface area contributed by atoms with Crippen LogP contribution in [0.1, 0.15) is 23.2 Å². The molecule has 1 N–H and O–H groups in total. The third-order valence-corrected chi connectivity index (χ3v) is 2.63. The molecule has 0 aliphatic carbocycles. The van der Waals surface area contributed by atoms with Gasteiger partial charge >= 0.3 is 0 Å². The summed E-state index contributed by atoms with van der Waals surface area (Å²) >= 11 is 0. The molecule has 2 heterocycles. The Morgan fingerprint density at radius 3 is 2.56 bits per heavy atom. The molecule has 1 unspecified atom stereocenters. The van der Waals surface area contributed by atoms with E-state index in [9.17, 15) is 4.79 Å². The Balaban J connectivity index is 0.00000112. The van der Waals surface area contributed by atoms with Gasteiger partial charge in [-0.15, -0.1) is 24.8 Å². The average Bonchev–Trinajstić information content (AvgIpc) is 2.30. The van der Waals surface area contributed by atoms with E-state index in [1.165, 1.54) is 0 Å². The largest absolute Gasteiger partial charge is 0.316 e. The van der Waals surface area contributed by atoms with Crippen LogP contribution < -0.4 is 5.32 Å². The highest BCUT2D eigenvalue weighted by Crippen LogP contribution is 2.15. The number of halogens is 2. The van der Waals surface area contributed by atoms with Crippen molar-refractivity contribution < 1.29 is 4.79 Å². The van der Waals surface area contributed by atoms with Gasteiger partial charge in [-0.25, -0.2) is 0 Å². The molecule has 1 atom stereocenters. The monoisotopic (exact) mass is 262 g/mol. The first kappa shape index (κ1) is 15.4. The van der Waals surface area contributed by atoms with E-state index < -0.39 is 0 Å². The van der Waals surface area contributed by atoms with Gasteiger partial charge in [-0.3, -0.25) is 9.78 Å². The topological polar surface area (TPSA) is 42.0 Å². The maximum atomic E-state index is 11.9. The third-order valence-electron chi connectivity index (χ3n) is 2.63. The van der Waals surface area contributed by atoms with E-state index in [0.717, 1.165) is 31.5 Å². The van der Waals surface area contributed by atoms with Crippen LogP contribution in [0.5, 0.6) is 0 Å². The normalized spacial score (nSPS) is 19.1. The molecule has 90 valence electrons. The van der Waals surface area contributed by atoms with E-state index in [1.807, 2.05) is 0 Å². The second kappa shape index (κ2) is 7.60. The van der Waals surface area contributed by atoms with Gasteiger partial charge in [0.1, 0.15) is 0 Å². The molecule has 1 fully saturated rings. The number of aromatic nitrogens is 1. The van der Waals surface area contributed by atoms with Crippen LogP contribution in [0.15, 0.2) is 24.5 Å². The van der Waals surface area contributed by atoms with Gasteiger partial charge in [-0.1, -0.05) is 0 Å². The molecule has 0 amide bonds. The number of pyridine rings is 1. The van der Waals surface area contributed by atoms with E-state index in [2.05, 4.69) is 10.3 Å². The summed E-state index contributed by atoms with van der Waals surface area (Å²) in [6.07, 6.45) is 5.45. The lowest BCUT2D eigenvalue weighted by Gasteiger charge is -2.21. The number of piperidine rings is 1. The quantitative estimate of drug-likeness (QED) is 0.831. The number of Topliss-reactive ketones (excluding diaryl/α,β-unsaturated/α-hetero) is 1. The van der Waals surface area contributed by atoms with Crippen molar-refractivity contribution >= 4 is 30.6 Å². The van der Waals surface area contributed by atoms with Crippen LogP contribution in [-0.4, -0.2) is 23.9 Å². The number of ketones is 1. The van der Waals surface area contributed by atoms with Crippen molar-refractivity contribution in [3.63, 3.8) is 0 Å². The Morgan fingerprint density at radius 1 is 1.31 bits per heavy atom. The Kier molecular flexibility index (Phi) is 7.30. The molecule has 3 nitrogen and oxygen atoms in total. The summed E-state index contributed by atoms with van der Waals surface area (Å²) in [4.78, 5) is 15.8. The van der Waals surface area contributed by atoms with Crippen molar-refractivity contribution in [2.75, 3.05) is 13.1 Å². The fourth-order valence-corrected chi connectivity index (χ4v) is 1.83. The molecule has 0 radical (unpaired) electrons. The fraction of sp³-hybridized carbons (Fsp3) is 0.455. The van der Waals surface area contributed by atoms with Crippen LogP contribution in [0, 0.1) is 5.92 Å². The number of nitrogens with zero attached hydrogens (tertiary/aromatic N) is 1. The minimum atomic E-state index is 0. The maximum Gasteiger partial charge on any atom is 0.167 e. The predicted molar refractivity (Wildman–Crippen MR) is 68.7 cm³/mol. The molecule has 0 spiro atoms. The summed E-state index contributed by atoms with van der Waals surface area (Å²) in [6, 6.07) is 3.58. The van der Waals surface area contributed by atoms with Gasteiger partial charge < -0.3 is 5.32 Å². The molecule has 16 heavy (non-hydrogen) atoms. The molecule has 1 saturated heterocycles. The zero-order valence-electron chi connectivity index (χ0n) is 8.89. The predicted octanol–water partition coefficient (Wildman–Crippen LogP) is 2.11. The molecular formula is C11H16Cl2N2O. The second-order valence-electron chi connectivity index (χ2n) is 3.64. The average molecular weight is 263 g/mol. The Labute approximate surface area is 108 Å². The number of nitrogens with one attached hydrogen (secondary N) is 1.